The van der Waals surface area contributed by atoms with Crippen LogP contribution in [0.4, 0.5) is 0 Å². The standard InChI is InChI=1S/C16H20N6OS/c1-4-22-10-13(15(20-22)23-5-2)14-18-19-16(21(14)3)24-11-12-8-6-7-9-17-12/h6-10H,4-5,11H2,1-3H3. The molecule has 0 fully saturated rings. The Labute approximate surface area is 145 Å². The number of aromatic nitrogens is 6. The molecule has 8 heteroatoms. The van der Waals surface area contributed by atoms with Gasteiger partial charge in [-0.1, -0.05) is 17.8 Å². The number of pyridine rings is 1. The van der Waals surface area contributed by atoms with E-state index in [0.29, 0.717) is 12.5 Å². The second kappa shape index (κ2) is 7.48. The van der Waals surface area contributed by atoms with Crippen LogP contribution in [-0.4, -0.2) is 36.1 Å². The maximum Gasteiger partial charge on any atom is 0.243 e. The van der Waals surface area contributed by atoms with Crippen molar-refractivity contribution >= 4 is 11.8 Å². The van der Waals surface area contributed by atoms with Gasteiger partial charge in [-0.15, -0.1) is 15.3 Å². The third-order valence-corrected chi connectivity index (χ3v) is 4.54. The highest BCUT2D eigenvalue weighted by molar-refractivity contribution is 7.98. The Bertz CT molecular complexity index is 798. The zero-order valence-electron chi connectivity index (χ0n) is 14.0. The second-order valence-corrected chi connectivity index (χ2v) is 6.05. The van der Waals surface area contributed by atoms with E-state index in [9.17, 15) is 0 Å². The predicted octanol–water partition coefficient (Wildman–Crippen LogP) is 2.78. The van der Waals surface area contributed by atoms with Gasteiger partial charge in [-0.3, -0.25) is 9.67 Å². The molecule has 0 aliphatic rings. The molecule has 3 aromatic heterocycles. The fourth-order valence-electron chi connectivity index (χ4n) is 2.26. The molecule has 0 amide bonds. The zero-order chi connectivity index (χ0) is 16.9. The van der Waals surface area contributed by atoms with E-state index in [2.05, 4.69) is 20.3 Å². The second-order valence-electron chi connectivity index (χ2n) is 5.11. The summed E-state index contributed by atoms with van der Waals surface area (Å²) >= 11 is 1.61. The highest BCUT2D eigenvalue weighted by atomic mass is 32.2. The van der Waals surface area contributed by atoms with Gasteiger partial charge in [-0.25, -0.2) is 0 Å². The lowest BCUT2D eigenvalue weighted by Crippen LogP contribution is -1.98. The number of aryl methyl sites for hydroxylation is 1. The van der Waals surface area contributed by atoms with Gasteiger partial charge < -0.3 is 9.30 Å². The van der Waals surface area contributed by atoms with Crippen molar-refractivity contribution in [3.8, 4) is 17.3 Å². The molecule has 3 rings (SSSR count). The van der Waals surface area contributed by atoms with Gasteiger partial charge in [0, 0.05) is 31.7 Å². The summed E-state index contributed by atoms with van der Waals surface area (Å²) in [7, 11) is 1.95. The summed E-state index contributed by atoms with van der Waals surface area (Å²) in [5.41, 5.74) is 1.87. The molecule has 0 aromatic carbocycles. The van der Waals surface area contributed by atoms with Crippen LogP contribution in [0.5, 0.6) is 5.88 Å². The first-order valence-electron chi connectivity index (χ1n) is 7.85. The van der Waals surface area contributed by atoms with Crippen LogP contribution in [0.15, 0.2) is 35.7 Å². The molecule has 0 unspecified atom stereocenters. The van der Waals surface area contributed by atoms with Gasteiger partial charge in [0.1, 0.15) is 5.56 Å². The molecule has 0 aliphatic carbocycles. The van der Waals surface area contributed by atoms with E-state index in [1.165, 1.54) is 0 Å². The average molecular weight is 344 g/mol. The lowest BCUT2D eigenvalue weighted by molar-refractivity contribution is 0.322. The third-order valence-electron chi connectivity index (χ3n) is 3.48. The minimum Gasteiger partial charge on any atom is -0.476 e. The van der Waals surface area contributed by atoms with Crippen LogP contribution >= 0.6 is 11.8 Å². The molecule has 3 aromatic rings. The molecule has 0 bridgehead atoms. The normalized spacial score (nSPS) is 11.0. The van der Waals surface area contributed by atoms with Crippen molar-refractivity contribution in [2.24, 2.45) is 7.05 Å². The van der Waals surface area contributed by atoms with Gasteiger partial charge in [-0.2, -0.15) is 0 Å². The van der Waals surface area contributed by atoms with Crippen molar-refractivity contribution in [2.75, 3.05) is 6.61 Å². The summed E-state index contributed by atoms with van der Waals surface area (Å²) in [6, 6.07) is 5.90. The number of ether oxygens (including phenoxy) is 1. The Kier molecular flexibility index (Phi) is 5.14. The first kappa shape index (κ1) is 16.5. The summed E-state index contributed by atoms with van der Waals surface area (Å²) in [6.45, 7) is 5.32. The molecule has 126 valence electrons. The summed E-state index contributed by atoms with van der Waals surface area (Å²) in [5.74, 6) is 2.09. The molecule has 3 heterocycles. The van der Waals surface area contributed by atoms with Gasteiger partial charge in [0.25, 0.3) is 0 Å². The lowest BCUT2D eigenvalue weighted by Gasteiger charge is -2.04. The SMILES string of the molecule is CCOc1nn(CC)cc1-c1nnc(SCc2ccccn2)n1C. The van der Waals surface area contributed by atoms with Crippen LogP contribution in [0, 0.1) is 0 Å². The van der Waals surface area contributed by atoms with Gasteiger partial charge in [0.05, 0.1) is 12.3 Å². The Morgan fingerprint density at radius 1 is 1.21 bits per heavy atom. The zero-order valence-corrected chi connectivity index (χ0v) is 14.8. The molecular formula is C16H20N6OS. The largest absolute Gasteiger partial charge is 0.476 e. The van der Waals surface area contributed by atoms with Crippen LogP contribution < -0.4 is 4.74 Å². The molecule has 0 radical (unpaired) electrons. The van der Waals surface area contributed by atoms with Crippen LogP contribution in [-0.2, 0) is 19.3 Å². The maximum atomic E-state index is 5.64. The van der Waals surface area contributed by atoms with Crippen LogP contribution in [0.2, 0.25) is 0 Å². The van der Waals surface area contributed by atoms with Crippen molar-refractivity contribution in [3.05, 3.63) is 36.3 Å². The van der Waals surface area contributed by atoms with Gasteiger partial charge >= 0.3 is 0 Å². The van der Waals surface area contributed by atoms with Crippen LogP contribution in [0.1, 0.15) is 19.5 Å². The molecule has 0 saturated heterocycles. The number of hydrogen-bond acceptors (Lipinski definition) is 6. The summed E-state index contributed by atoms with van der Waals surface area (Å²) in [6.07, 6.45) is 3.74. The highest BCUT2D eigenvalue weighted by Gasteiger charge is 2.19. The van der Waals surface area contributed by atoms with Crippen molar-refractivity contribution in [1.82, 2.24) is 29.5 Å². The quantitative estimate of drug-likeness (QED) is 0.614. The minimum atomic E-state index is 0.562. The average Bonchev–Trinajstić information content (AvgIpc) is 3.17. The number of thioether (sulfide) groups is 1. The summed E-state index contributed by atoms with van der Waals surface area (Å²) < 4.78 is 9.45. The van der Waals surface area contributed by atoms with E-state index in [-0.39, 0.29) is 0 Å². The highest BCUT2D eigenvalue weighted by Crippen LogP contribution is 2.30. The smallest absolute Gasteiger partial charge is 0.243 e. The summed E-state index contributed by atoms with van der Waals surface area (Å²) in [4.78, 5) is 4.33. The van der Waals surface area contributed by atoms with E-state index < -0.39 is 0 Å². The Morgan fingerprint density at radius 3 is 2.79 bits per heavy atom. The molecule has 0 saturated carbocycles. The number of hydrogen-bond donors (Lipinski definition) is 0. The van der Waals surface area contributed by atoms with Gasteiger partial charge in [0.2, 0.25) is 5.88 Å². The number of rotatable bonds is 7. The van der Waals surface area contributed by atoms with Crippen molar-refractivity contribution in [2.45, 2.75) is 31.3 Å². The van der Waals surface area contributed by atoms with Crippen molar-refractivity contribution < 1.29 is 4.74 Å². The van der Waals surface area contributed by atoms with Crippen molar-refractivity contribution in [3.63, 3.8) is 0 Å². The topological polar surface area (TPSA) is 70.7 Å². The predicted molar refractivity (Wildman–Crippen MR) is 92.9 cm³/mol. The Morgan fingerprint density at radius 2 is 2.08 bits per heavy atom. The van der Waals surface area contributed by atoms with E-state index in [4.69, 9.17) is 4.74 Å². The minimum absolute atomic E-state index is 0.562. The van der Waals surface area contributed by atoms with E-state index in [0.717, 1.165) is 34.5 Å². The fraction of sp³-hybridized carbons (Fsp3) is 0.375. The molecule has 0 N–H and O–H groups in total. The third kappa shape index (κ3) is 3.43. The maximum absolute atomic E-state index is 5.64. The van der Waals surface area contributed by atoms with E-state index in [1.54, 1.807) is 18.0 Å². The van der Waals surface area contributed by atoms with E-state index >= 15 is 0 Å². The van der Waals surface area contributed by atoms with Crippen molar-refractivity contribution in [1.29, 1.82) is 0 Å². The Balaban J connectivity index is 1.83. The molecular weight excluding hydrogens is 324 g/mol. The molecule has 24 heavy (non-hydrogen) atoms. The molecule has 0 aliphatic heterocycles. The fourth-order valence-corrected chi connectivity index (χ4v) is 3.09. The first-order valence-corrected chi connectivity index (χ1v) is 8.84. The van der Waals surface area contributed by atoms with E-state index in [1.807, 2.05) is 54.5 Å². The molecule has 7 nitrogen and oxygen atoms in total. The van der Waals surface area contributed by atoms with Gasteiger partial charge in [-0.05, 0) is 26.0 Å². The molecule has 0 atom stereocenters. The summed E-state index contributed by atoms with van der Waals surface area (Å²) in [5, 5.41) is 13.9. The van der Waals surface area contributed by atoms with Crippen LogP contribution in [0.25, 0.3) is 11.4 Å². The van der Waals surface area contributed by atoms with Gasteiger partial charge in [0.15, 0.2) is 11.0 Å². The number of nitrogens with zero attached hydrogens (tertiary/aromatic N) is 6. The molecule has 0 spiro atoms. The Hall–Kier alpha value is -2.35. The monoisotopic (exact) mass is 344 g/mol. The lowest BCUT2D eigenvalue weighted by atomic mass is 10.3. The van der Waals surface area contributed by atoms with Crippen LogP contribution in [0.3, 0.4) is 0 Å². The first-order chi connectivity index (χ1) is 11.7.